The maximum absolute atomic E-state index is 12.6. The Kier molecular flexibility index (Phi) is 10.2. The minimum absolute atomic E-state index is 0.0559. The van der Waals surface area contributed by atoms with E-state index in [4.69, 9.17) is 14.2 Å². The Balaban J connectivity index is 1.93. The fourth-order valence-corrected chi connectivity index (χ4v) is 4.52. The number of alkyl halides is 3. The lowest BCUT2D eigenvalue weighted by Crippen LogP contribution is -2.29. The molecule has 0 spiro atoms. The molecule has 2 aromatic carbocycles. The molecule has 3 aromatic rings. The molecule has 1 heterocycles. The van der Waals surface area contributed by atoms with E-state index < -0.39 is 12.6 Å². The first-order valence-corrected chi connectivity index (χ1v) is 12.3. The number of aliphatic hydroxyl groups is 1. The van der Waals surface area contributed by atoms with E-state index in [1.165, 1.54) is 56.9 Å². The number of halogens is 3. The van der Waals surface area contributed by atoms with Crippen molar-refractivity contribution >= 4 is 17.2 Å². The van der Waals surface area contributed by atoms with E-state index in [-0.39, 0.29) is 18.3 Å². The molecular weight excluding hydrogens is 527 g/mol. The number of aliphatic hydroxyl groups excluding tert-OH is 1. The van der Waals surface area contributed by atoms with Crippen molar-refractivity contribution in [1.82, 2.24) is 9.88 Å². The van der Waals surface area contributed by atoms with E-state index in [0.29, 0.717) is 52.6 Å². The van der Waals surface area contributed by atoms with Crippen molar-refractivity contribution in [2.75, 3.05) is 34.5 Å². The van der Waals surface area contributed by atoms with Crippen molar-refractivity contribution in [2.45, 2.75) is 25.6 Å². The number of ether oxygens (including phenoxy) is 4. The van der Waals surface area contributed by atoms with Gasteiger partial charge in [0.2, 0.25) is 5.91 Å². The molecule has 9 nitrogen and oxygen atoms in total. The molecule has 38 heavy (non-hydrogen) atoms. The summed E-state index contributed by atoms with van der Waals surface area (Å²) in [6.45, 7) is 0.703. The zero-order valence-corrected chi connectivity index (χ0v) is 21.8. The number of hydrogen-bond donors (Lipinski definition) is 2. The molecule has 0 bridgehead atoms. The second kappa shape index (κ2) is 13.3. The van der Waals surface area contributed by atoms with Gasteiger partial charge in [-0.05, 0) is 48.4 Å². The number of benzene rings is 2. The monoisotopic (exact) mass is 555 g/mol. The number of hydrogen-bond acceptors (Lipinski definition) is 8. The third kappa shape index (κ3) is 7.97. The Morgan fingerprint density at radius 1 is 1.11 bits per heavy atom. The molecule has 1 unspecified atom stereocenters. The van der Waals surface area contributed by atoms with Crippen LogP contribution in [-0.2, 0) is 16.1 Å². The molecule has 0 saturated heterocycles. The maximum Gasteiger partial charge on any atom is 0.573 e. The lowest BCUT2D eigenvalue weighted by atomic mass is 10.1. The van der Waals surface area contributed by atoms with Crippen molar-refractivity contribution < 1.29 is 42.0 Å². The van der Waals surface area contributed by atoms with E-state index in [0.717, 1.165) is 0 Å². The average molecular weight is 556 g/mol. The topological polar surface area (TPSA) is 104 Å². The number of thiazole rings is 1. The summed E-state index contributed by atoms with van der Waals surface area (Å²) in [7, 11) is 4.41. The third-order valence-corrected chi connectivity index (χ3v) is 6.17. The molecule has 1 aromatic heterocycles. The van der Waals surface area contributed by atoms with Gasteiger partial charge in [0, 0.05) is 37.2 Å². The van der Waals surface area contributed by atoms with E-state index in [1.54, 1.807) is 23.6 Å². The first kappa shape index (κ1) is 29.0. The molecule has 0 aliphatic rings. The Morgan fingerprint density at radius 2 is 1.82 bits per heavy atom. The Hall–Kier alpha value is -3.55. The SMILES string of the molecule is COCC(=O)NCCCn1c(-c2ccc(OC(F)(F)F)cc2)csc1=NC(O)c1ccc(OC)cc1OC. The van der Waals surface area contributed by atoms with Crippen molar-refractivity contribution in [3.63, 3.8) is 0 Å². The highest BCUT2D eigenvalue weighted by atomic mass is 32.1. The first-order chi connectivity index (χ1) is 18.1. The summed E-state index contributed by atoms with van der Waals surface area (Å²) < 4.78 is 58.8. The van der Waals surface area contributed by atoms with Crippen LogP contribution >= 0.6 is 11.3 Å². The van der Waals surface area contributed by atoms with Gasteiger partial charge in [0.1, 0.15) is 23.9 Å². The van der Waals surface area contributed by atoms with Crippen molar-refractivity contribution in [2.24, 2.45) is 4.99 Å². The van der Waals surface area contributed by atoms with Crippen LogP contribution in [0, 0.1) is 0 Å². The van der Waals surface area contributed by atoms with Gasteiger partial charge in [-0.25, -0.2) is 4.99 Å². The highest BCUT2D eigenvalue weighted by molar-refractivity contribution is 7.07. The minimum Gasteiger partial charge on any atom is -0.497 e. The van der Waals surface area contributed by atoms with Crippen LogP contribution in [0.1, 0.15) is 18.2 Å². The quantitative estimate of drug-likeness (QED) is 0.329. The summed E-state index contributed by atoms with van der Waals surface area (Å²) in [4.78, 5) is 16.6. The van der Waals surface area contributed by atoms with Gasteiger partial charge >= 0.3 is 6.36 Å². The van der Waals surface area contributed by atoms with Gasteiger partial charge in [-0.2, -0.15) is 0 Å². The molecule has 0 fully saturated rings. The van der Waals surface area contributed by atoms with Crippen LogP contribution in [0.2, 0.25) is 0 Å². The van der Waals surface area contributed by atoms with Crippen molar-refractivity contribution in [3.05, 3.63) is 58.2 Å². The molecule has 1 atom stereocenters. The van der Waals surface area contributed by atoms with Crippen LogP contribution in [-0.4, -0.2) is 56.4 Å². The molecule has 2 N–H and O–H groups in total. The summed E-state index contributed by atoms with van der Waals surface area (Å²) in [6, 6.07) is 10.4. The van der Waals surface area contributed by atoms with Gasteiger partial charge in [0.05, 0.1) is 19.9 Å². The van der Waals surface area contributed by atoms with Gasteiger partial charge in [-0.3, -0.25) is 4.79 Å². The Bertz CT molecular complexity index is 1270. The van der Waals surface area contributed by atoms with Gasteiger partial charge < -0.3 is 33.9 Å². The first-order valence-electron chi connectivity index (χ1n) is 11.4. The van der Waals surface area contributed by atoms with E-state index >= 15 is 0 Å². The number of carbonyl (C=O) groups excluding carboxylic acids is 1. The fourth-order valence-electron chi connectivity index (χ4n) is 3.56. The molecule has 0 aliphatic heterocycles. The number of amides is 1. The smallest absolute Gasteiger partial charge is 0.497 e. The summed E-state index contributed by atoms with van der Waals surface area (Å²) in [5, 5.41) is 15.4. The average Bonchev–Trinajstić information content (AvgIpc) is 3.27. The van der Waals surface area contributed by atoms with Crippen LogP contribution in [0.4, 0.5) is 13.2 Å². The molecule has 0 radical (unpaired) electrons. The third-order valence-electron chi connectivity index (χ3n) is 5.29. The van der Waals surface area contributed by atoms with E-state index in [9.17, 15) is 23.1 Å². The van der Waals surface area contributed by atoms with Gasteiger partial charge in [0.25, 0.3) is 0 Å². The number of nitrogens with one attached hydrogen (secondary N) is 1. The predicted molar refractivity (Wildman–Crippen MR) is 134 cm³/mol. The van der Waals surface area contributed by atoms with Crippen LogP contribution < -0.4 is 24.3 Å². The molecule has 1 amide bonds. The summed E-state index contributed by atoms with van der Waals surface area (Å²) in [5.41, 5.74) is 1.72. The molecule has 3 rings (SSSR count). The van der Waals surface area contributed by atoms with E-state index in [1.807, 2.05) is 4.57 Å². The summed E-state index contributed by atoms with van der Waals surface area (Å²) in [6.07, 6.45) is -5.54. The van der Waals surface area contributed by atoms with Crippen molar-refractivity contribution in [1.29, 1.82) is 0 Å². The second-order valence-electron chi connectivity index (χ2n) is 7.87. The standard InChI is InChI=1S/C25H28F3N3O6S/c1-34-14-22(32)29-11-4-12-31-20(16-5-7-17(8-6-16)37-25(26,27)28)15-38-24(31)30-23(33)19-10-9-18(35-2)13-21(19)36-3/h5-10,13,15,23,33H,4,11-12,14H2,1-3H3,(H,29,32). The fraction of sp³-hybridized carbons (Fsp3) is 0.360. The normalized spacial score (nSPS) is 12.8. The number of carbonyl (C=O) groups is 1. The maximum atomic E-state index is 12.6. The summed E-state index contributed by atoms with van der Waals surface area (Å²) >= 11 is 1.25. The van der Waals surface area contributed by atoms with Crippen LogP contribution in [0.5, 0.6) is 17.2 Å². The van der Waals surface area contributed by atoms with Crippen molar-refractivity contribution in [3.8, 4) is 28.5 Å². The number of aromatic nitrogens is 1. The Morgan fingerprint density at radius 3 is 2.45 bits per heavy atom. The molecule has 206 valence electrons. The number of nitrogens with zero attached hydrogens (tertiary/aromatic N) is 2. The molecule has 0 saturated carbocycles. The Labute approximate surface area is 221 Å². The predicted octanol–water partition coefficient (Wildman–Crippen LogP) is 3.88. The highest BCUT2D eigenvalue weighted by Gasteiger charge is 2.31. The zero-order valence-electron chi connectivity index (χ0n) is 20.9. The lowest BCUT2D eigenvalue weighted by molar-refractivity contribution is -0.274. The molecule has 0 aliphatic carbocycles. The minimum atomic E-state index is -4.79. The second-order valence-corrected chi connectivity index (χ2v) is 8.71. The van der Waals surface area contributed by atoms with E-state index in [2.05, 4.69) is 15.0 Å². The number of methoxy groups -OCH3 is 3. The molecule has 13 heteroatoms. The number of rotatable bonds is 12. The van der Waals surface area contributed by atoms with Gasteiger partial charge in [0.15, 0.2) is 11.0 Å². The van der Waals surface area contributed by atoms with Gasteiger partial charge in [-0.1, -0.05) is 0 Å². The van der Waals surface area contributed by atoms with Crippen LogP contribution in [0.15, 0.2) is 52.8 Å². The molecular formula is C25H28F3N3O6S. The largest absolute Gasteiger partial charge is 0.573 e. The zero-order chi connectivity index (χ0) is 27.7. The van der Waals surface area contributed by atoms with Crippen LogP contribution in [0.25, 0.3) is 11.3 Å². The lowest BCUT2D eigenvalue weighted by Gasteiger charge is -2.14. The van der Waals surface area contributed by atoms with Crippen LogP contribution in [0.3, 0.4) is 0 Å². The highest BCUT2D eigenvalue weighted by Crippen LogP contribution is 2.31. The summed E-state index contributed by atoms with van der Waals surface area (Å²) in [5.74, 6) is 0.357. The van der Waals surface area contributed by atoms with Gasteiger partial charge in [-0.15, -0.1) is 24.5 Å².